The molecule has 0 amide bonds. The Morgan fingerprint density at radius 2 is 2.11 bits per heavy atom. The molecule has 0 aliphatic rings. The lowest BCUT2D eigenvalue weighted by atomic mass is 10.3. The van der Waals surface area contributed by atoms with Crippen LogP contribution in [0.2, 0.25) is 0 Å². The van der Waals surface area contributed by atoms with Gasteiger partial charge in [-0.15, -0.1) is 0 Å². The SMILES string of the molecule is COC(=O)CCNc1ncc(-c2ccc(C)o2)cn1. The zero-order chi connectivity index (χ0) is 13.7. The lowest BCUT2D eigenvalue weighted by Crippen LogP contribution is -2.11. The van der Waals surface area contributed by atoms with Crippen LogP contribution in [-0.2, 0) is 9.53 Å². The highest BCUT2D eigenvalue weighted by Crippen LogP contribution is 2.20. The number of esters is 1. The number of ether oxygens (including phenoxy) is 1. The Balaban J connectivity index is 1.93. The largest absolute Gasteiger partial charge is 0.469 e. The van der Waals surface area contributed by atoms with Crippen LogP contribution >= 0.6 is 0 Å². The summed E-state index contributed by atoms with van der Waals surface area (Å²) in [6.45, 7) is 2.32. The number of hydrogen-bond donors (Lipinski definition) is 1. The fourth-order valence-electron chi connectivity index (χ4n) is 1.51. The van der Waals surface area contributed by atoms with Gasteiger partial charge in [0, 0.05) is 18.9 Å². The molecule has 0 aromatic carbocycles. The van der Waals surface area contributed by atoms with Crippen LogP contribution in [0.4, 0.5) is 5.95 Å². The summed E-state index contributed by atoms with van der Waals surface area (Å²) in [5, 5.41) is 2.94. The second-order valence-corrected chi connectivity index (χ2v) is 3.96. The molecule has 0 saturated heterocycles. The first-order chi connectivity index (χ1) is 9.19. The van der Waals surface area contributed by atoms with E-state index in [2.05, 4.69) is 20.0 Å². The number of hydrogen-bond acceptors (Lipinski definition) is 6. The van der Waals surface area contributed by atoms with Gasteiger partial charge in [-0.1, -0.05) is 0 Å². The van der Waals surface area contributed by atoms with E-state index in [-0.39, 0.29) is 12.4 Å². The van der Waals surface area contributed by atoms with Crippen LogP contribution in [-0.4, -0.2) is 29.6 Å². The molecule has 0 aliphatic carbocycles. The quantitative estimate of drug-likeness (QED) is 0.830. The molecule has 2 heterocycles. The number of nitrogens with zero attached hydrogens (tertiary/aromatic N) is 2. The lowest BCUT2D eigenvalue weighted by molar-refractivity contribution is -0.140. The predicted molar refractivity (Wildman–Crippen MR) is 69.6 cm³/mol. The average Bonchev–Trinajstić information content (AvgIpc) is 2.86. The summed E-state index contributed by atoms with van der Waals surface area (Å²) in [4.78, 5) is 19.2. The molecule has 0 fully saturated rings. The molecule has 0 atom stereocenters. The van der Waals surface area contributed by atoms with Crippen molar-refractivity contribution in [1.29, 1.82) is 0 Å². The molecular weight excluding hydrogens is 246 g/mol. The van der Waals surface area contributed by atoms with Crippen LogP contribution in [0.3, 0.4) is 0 Å². The van der Waals surface area contributed by atoms with E-state index in [1.807, 2.05) is 19.1 Å². The molecule has 1 N–H and O–H groups in total. The Morgan fingerprint density at radius 1 is 1.37 bits per heavy atom. The number of carbonyl (C=O) groups is 1. The number of aryl methyl sites for hydroxylation is 1. The molecular formula is C13H15N3O3. The summed E-state index contributed by atoms with van der Waals surface area (Å²) >= 11 is 0. The van der Waals surface area contributed by atoms with E-state index in [0.29, 0.717) is 12.5 Å². The van der Waals surface area contributed by atoms with Crippen molar-refractivity contribution in [1.82, 2.24) is 9.97 Å². The van der Waals surface area contributed by atoms with Gasteiger partial charge in [0.05, 0.1) is 19.1 Å². The van der Waals surface area contributed by atoms with E-state index in [0.717, 1.165) is 17.1 Å². The van der Waals surface area contributed by atoms with Crippen molar-refractivity contribution in [2.24, 2.45) is 0 Å². The standard InChI is InChI=1S/C13H15N3O3/c1-9-3-4-11(19-9)10-7-15-13(16-8-10)14-6-5-12(17)18-2/h3-4,7-8H,5-6H2,1-2H3,(H,14,15,16). The van der Waals surface area contributed by atoms with E-state index < -0.39 is 0 Å². The third-order valence-corrected chi connectivity index (χ3v) is 2.52. The average molecular weight is 261 g/mol. The molecule has 100 valence electrons. The van der Waals surface area contributed by atoms with E-state index in [9.17, 15) is 4.79 Å². The first-order valence-corrected chi connectivity index (χ1v) is 5.88. The van der Waals surface area contributed by atoms with E-state index in [4.69, 9.17) is 4.42 Å². The van der Waals surface area contributed by atoms with Gasteiger partial charge in [-0.05, 0) is 19.1 Å². The highest BCUT2D eigenvalue weighted by molar-refractivity contribution is 5.69. The van der Waals surface area contributed by atoms with Crippen molar-refractivity contribution >= 4 is 11.9 Å². The van der Waals surface area contributed by atoms with Crippen LogP contribution in [0.5, 0.6) is 0 Å². The maximum Gasteiger partial charge on any atom is 0.307 e. The monoisotopic (exact) mass is 261 g/mol. The number of methoxy groups -OCH3 is 1. The fourth-order valence-corrected chi connectivity index (χ4v) is 1.51. The molecule has 0 radical (unpaired) electrons. The topological polar surface area (TPSA) is 77.2 Å². The molecule has 2 aromatic rings. The van der Waals surface area contributed by atoms with Gasteiger partial charge in [0.25, 0.3) is 0 Å². The van der Waals surface area contributed by atoms with Crippen molar-refractivity contribution in [2.45, 2.75) is 13.3 Å². The Hall–Kier alpha value is -2.37. The third kappa shape index (κ3) is 3.54. The molecule has 2 rings (SSSR count). The highest BCUT2D eigenvalue weighted by Gasteiger charge is 2.05. The molecule has 2 aromatic heterocycles. The maximum atomic E-state index is 10.9. The molecule has 0 aliphatic heterocycles. The Bertz CT molecular complexity index is 549. The molecule has 19 heavy (non-hydrogen) atoms. The van der Waals surface area contributed by atoms with Gasteiger partial charge in [-0.3, -0.25) is 4.79 Å². The predicted octanol–water partition coefficient (Wildman–Crippen LogP) is 2.02. The molecule has 0 spiro atoms. The smallest absolute Gasteiger partial charge is 0.307 e. The Labute approximate surface area is 110 Å². The number of carbonyl (C=O) groups excluding carboxylic acids is 1. The fraction of sp³-hybridized carbons (Fsp3) is 0.308. The highest BCUT2D eigenvalue weighted by atomic mass is 16.5. The van der Waals surface area contributed by atoms with Crippen LogP contribution in [0, 0.1) is 6.92 Å². The lowest BCUT2D eigenvalue weighted by Gasteiger charge is -2.03. The molecule has 0 unspecified atom stereocenters. The van der Waals surface area contributed by atoms with Gasteiger partial charge in [-0.25, -0.2) is 9.97 Å². The number of nitrogens with one attached hydrogen (secondary N) is 1. The number of rotatable bonds is 5. The van der Waals surface area contributed by atoms with Crippen LogP contribution in [0.25, 0.3) is 11.3 Å². The minimum absolute atomic E-state index is 0.268. The summed E-state index contributed by atoms with van der Waals surface area (Å²) in [6, 6.07) is 3.76. The van der Waals surface area contributed by atoms with Crippen molar-refractivity contribution in [3.63, 3.8) is 0 Å². The second-order valence-electron chi connectivity index (χ2n) is 3.96. The first kappa shape index (κ1) is 13.1. The van der Waals surface area contributed by atoms with Crippen LogP contribution in [0.15, 0.2) is 28.9 Å². The zero-order valence-electron chi connectivity index (χ0n) is 10.8. The Kier molecular flexibility index (Phi) is 4.12. The van der Waals surface area contributed by atoms with Crippen molar-refractivity contribution < 1.29 is 13.9 Å². The van der Waals surface area contributed by atoms with Gasteiger partial charge in [-0.2, -0.15) is 0 Å². The van der Waals surface area contributed by atoms with Gasteiger partial charge in [0.2, 0.25) is 5.95 Å². The number of anilines is 1. The second kappa shape index (κ2) is 5.99. The van der Waals surface area contributed by atoms with Gasteiger partial charge < -0.3 is 14.5 Å². The number of furan rings is 1. The number of aromatic nitrogens is 2. The maximum absolute atomic E-state index is 10.9. The molecule has 6 nitrogen and oxygen atoms in total. The van der Waals surface area contributed by atoms with Crippen molar-refractivity contribution in [3.05, 3.63) is 30.3 Å². The Morgan fingerprint density at radius 3 is 2.68 bits per heavy atom. The van der Waals surface area contributed by atoms with E-state index in [1.165, 1.54) is 7.11 Å². The van der Waals surface area contributed by atoms with E-state index in [1.54, 1.807) is 12.4 Å². The minimum atomic E-state index is -0.268. The zero-order valence-corrected chi connectivity index (χ0v) is 10.8. The minimum Gasteiger partial charge on any atom is -0.469 e. The summed E-state index contributed by atoms with van der Waals surface area (Å²) in [5.74, 6) is 1.78. The van der Waals surface area contributed by atoms with Gasteiger partial charge >= 0.3 is 5.97 Å². The summed E-state index contributed by atoms with van der Waals surface area (Å²) in [5.41, 5.74) is 0.812. The third-order valence-electron chi connectivity index (χ3n) is 2.52. The van der Waals surface area contributed by atoms with Crippen molar-refractivity contribution in [3.8, 4) is 11.3 Å². The van der Waals surface area contributed by atoms with Crippen molar-refractivity contribution in [2.75, 3.05) is 19.0 Å². The van der Waals surface area contributed by atoms with Gasteiger partial charge in [0.1, 0.15) is 11.5 Å². The summed E-state index contributed by atoms with van der Waals surface area (Å²) in [7, 11) is 1.36. The molecule has 0 bridgehead atoms. The molecule has 6 heteroatoms. The van der Waals surface area contributed by atoms with Crippen LogP contribution in [0.1, 0.15) is 12.2 Å². The van der Waals surface area contributed by atoms with Gasteiger partial charge in [0.15, 0.2) is 0 Å². The summed E-state index contributed by atoms with van der Waals surface area (Å²) < 4.78 is 10.0. The summed E-state index contributed by atoms with van der Waals surface area (Å²) in [6.07, 6.45) is 3.62. The molecule has 0 saturated carbocycles. The normalized spacial score (nSPS) is 10.2. The van der Waals surface area contributed by atoms with E-state index >= 15 is 0 Å². The first-order valence-electron chi connectivity index (χ1n) is 5.88. The van der Waals surface area contributed by atoms with Crippen LogP contribution < -0.4 is 5.32 Å².